The third kappa shape index (κ3) is 7.82. The van der Waals surface area contributed by atoms with E-state index in [1.165, 1.54) is 0 Å². The van der Waals surface area contributed by atoms with Gasteiger partial charge in [-0.1, -0.05) is 43.2 Å². The van der Waals surface area contributed by atoms with Crippen molar-refractivity contribution < 1.29 is 28.6 Å². The standard InChI is InChI=1S/C36H48N4O6/c1-36(2,3)46-35(43)37-29(17-15-24-11-7-6-8-12-24)34(42)39-21-19-26(20-22-39)40-33(41)28-14-10-9-13-27(28)32(38-40)25-16-18-30(44-4)31(23-25)45-5/h6-8,11-12,16,18,23,26-29H,9-10,13-15,17,19-22H2,1-5H3,(H,37,43)/t27-,28+,29+/m0/s1. The predicted octanol–water partition coefficient (Wildman–Crippen LogP) is 5.57. The van der Waals surface area contributed by atoms with Gasteiger partial charge in [0.1, 0.15) is 11.6 Å². The van der Waals surface area contributed by atoms with Crippen LogP contribution in [0, 0.1) is 11.8 Å². The highest BCUT2D eigenvalue weighted by atomic mass is 16.6. The van der Waals surface area contributed by atoms with Crippen LogP contribution in [0.15, 0.2) is 53.6 Å². The topological polar surface area (TPSA) is 110 Å². The molecule has 1 N–H and O–H groups in total. The second kappa shape index (κ2) is 14.6. The molecule has 3 atom stereocenters. The number of carbonyl (C=O) groups is 3. The van der Waals surface area contributed by atoms with Gasteiger partial charge >= 0.3 is 6.09 Å². The number of alkyl carbamates (subject to hydrolysis) is 1. The summed E-state index contributed by atoms with van der Waals surface area (Å²) in [6, 6.07) is 14.9. The number of hydrogen-bond donors (Lipinski definition) is 1. The lowest BCUT2D eigenvalue weighted by Gasteiger charge is -2.43. The van der Waals surface area contributed by atoms with Crippen LogP contribution in [0.25, 0.3) is 0 Å². The molecule has 5 rings (SSSR count). The summed E-state index contributed by atoms with van der Waals surface area (Å²) >= 11 is 0. The van der Waals surface area contributed by atoms with Gasteiger partial charge in [-0.2, -0.15) is 5.10 Å². The molecule has 0 unspecified atom stereocenters. The van der Waals surface area contributed by atoms with E-state index in [2.05, 4.69) is 5.32 Å². The molecule has 2 aromatic rings. The number of methoxy groups -OCH3 is 2. The van der Waals surface area contributed by atoms with E-state index in [4.69, 9.17) is 19.3 Å². The number of likely N-dealkylation sites (tertiary alicyclic amines) is 1. The van der Waals surface area contributed by atoms with Crippen molar-refractivity contribution in [2.45, 2.75) is 89.8 Å². The Balaban J connectivity index is 1.31. The highest BCUT2D eigenvalue weighted by Crippen LogP contribution is 2.40. The van der Waals surface area contributed by atoms with Gasteiger partial charge in [-0.3, -0.25) is 9.59 Å². The van der Waals surface area contributed by atoms with E-state index in [-0.39, 0.29) is 29.7 Å². The molecule has 10 nitrogen and oxygen atoms in total. The molecule has 10 heteroatoms. The van der Waals surface area contributed by atoms with Crippen LogP contribution in [0.5, 0.6) is 11.5 Å². The van der Waals surface area contributed by atoms with Crippen molar-refractivity contribution in [3.05, 3.63) is 59.7 Å². The maximum atomic E-state index is 13.9. The van der Waals surface area contributed by atoms with Gasteiger partial charge in [0.05, 0.1) is 26.0 Å². The van der Waals surface area contributed by atoms with Crippen LogP contribution in [0.3, 0.4) is 0 Å². The van der Waals surface area contributed by atoms with Gasteiger partial charge in [-0.25, -0.2) is 9.80 Å². The van der Waals surface area contributed by atoms with Gasteiger partial charge in [0.15, 0.2) is 11.5 Å². The molecule has 2 aliphatic heterocycles. The zero-order valence-corrected chi connectivity index (χ0v) is 27.8. The molecule has 1 aliphatic carbocycles. The van der Waals surface area contributed by atoms with E-state index >= 15 is 0 Å². The highest BCUT2D eigenvalue weighted by Gasteiger charge is 2.44. The molecule has 0 radical (unpaired) electrons. The summed E-state index contributed by atoms with van der Waals surface area (Å²) in [6.45, 7) is 6.35. The molecule has 0 aromatic heterocycles. The summed E-state index contributed by atoms with van der Waals surface area (Å²) in [5.74, 6) is 1.21. The first-order valence-corrected chi connectivity index (χ1v) is 16.5. The number of rotatable bonds is 9. The Bertz CT molecular complexity index is 1410. The zero-order chi connectivity index (χ0) is 32.8. The summed E-state index contributed by atoms with van der Waals surface area (Å²) in [6.07, 6.45) is 5.59. The first kappa shape index (κ1) is 33.3. The molecule has 0 spiro atoms. The van der Waals surface area contributed by atoms with Crippen LogP contribution in [0.2, 0.25) is 0 Å². The number of fused-ring (bicyclic) bond motifs is 1. The average molecular weight is 633 g/mol. The van der Waals surface area contributed by atoms with Crippen molar-refractivity contribution in [3.8, 4) is 11.5 Å². The minimum absolute atomic E-state index is 0.0709. The van der Waals surface area contributed by atoms with E-state index in [0.29, 0.717) is 50.3 Å². The van der Waals surface area contributed by atoms with Crippen molar-refractivity contribution in [3.63, 3.8) is 0 Å². The minimum atomic E-state index is -0.721. The number of amides is 3. The highest BCUT2D eigenvalue weighted by molar-refractivity contribution is 6.07. The summed E-state index contributed by atoms with van der Waals surface area (Å²) in [5.41, 5.74) is 2.28. The molecule has 1 saturated carbocycles. The molecule has 0 bridgehead atoms. The second-order valence-electron chi connectivity index (χ2n) is 13.5. The molecule has 2 fully saturated rings. The summed E-state index contributed by atoms with van der Waals surface area (Å²) in [4.78, 5) is 42.2. The fourth-order valence-corrected chi connectivity index (χ4v) is 6.91. The molecule has 3 aliphatic rings. The number of ether oxygens (including phenoxy) is 3. The molecule has 3 amide bonds. The SMILES string of the molecule is COc1ccc(C2=NN(C3CCN(C(=O)[C@@H](CCc4ccccc4)NC(=O)OC(C)(C)C)CC3)C(=O)[C@@H]3CCCC[C@H]23)cc1OC. The number of hydrogen-bond acceptors (Lipinski definition) is 7. The van der Waals surface area contributed by atoms with Crippen LogP contribution in [-0.4, -0.2) is 78.5 Å². The van der Waals surface area contributed by atoms with Crippen molar-refractivity contribution in [1.29, 1.82) is 0 Å². The lowest BCUT2D eigenvalue weighted by molar-refractivity contribution is -0.143. The Kier molecular flexibility index (Phi) is 10.5. The van der Waals surface area contributed by atoms with Crippen LogP contribution in [0.4, 0.5) is 4.79 Å². The Morgan fingerprint density at radius 3 is 2.26 bits per heavy atom. The van der Waals surface area contributed by atoms with Gasteiger partial charge in [0.2, 0.25) is 11.8 Å². The molecule has 1 saturated heterocycles. The molecule has 46 heavy (non-hydrogen) atoms. The van der Waals surface area contributed by atoms with Crippen LogP contribution in [-0.2, 0) is 20.7 Å². The Morgan fingerprint density at radius 2 is 1.61 bits per heavy atom. The Morgan fingerprint density at radius 1 is 0.935 bits per heavy atom. The largest absolute Gasteiger partial charge is 0.493 e. The molecule has 248 valence electrons. The van der Waals surface area contributed by atoms with Gasteiger partial charge in [-0.15, -0.1) is 0 Å². The number of benzene rings is 2. The number of hydrazone groups is 1. The molecular formula is C36H48N4O6. The number of nitrogens with one attached hydrogen (secondary N) is 1. The lowest BCUT2D eigenvalue weighted by atomic mass is 9.73. The first-order chi connectivity index (χ1) is 22.1. The maximum Gasteiger partial charge on any atom is 0.408 e. The van der Waals surface area contributed by atoms with E-state index in [1.54, 1.807) is 44.9 Å². The summed E-state index contributed by atoms with van der Waals surface area (Å²) in [5, 5.41) is 9.59. The maximum absolute atomic E-state index is 13.9. The Labute approximate surface area is 272 Å². The van der Waals surface area contributed by atoms with Crippen LogP contribution >= 0.6 is 0 Å². The quantitative estimate of drug-likeness (QED) is 0.387. The van der Waals surface area contributed by atoms with E-state index in [9.17, 15) is 14.4 Å². The van der Waals surface area contributed by atoms with Gasteiger partial charge in [-0.05, 0) is 83.1 Å². The van der Waals surface area contributed by atoms with Gasteiger partial charge < -0.3 is 24.4 Å². The Hall–Kier alpha value is -4.08. The fraction of sp³-hybridized carbons (Fsp3) is 0.556. The first-order valence-electron chi connectivity index (χ1n) is 16.5. The number of aryl methyl sites for hydroxylation is 1. The van der Waals surface area contributed by atoms with Crippen molar-refractivity contribution in [2.24, 2.45) is 16.9 Å². The van der Waals surface area contributed by atoms with Gasteiger partial charge in [0, 0.05) is 30.5 Å². The van der Waals surface area contributed by atoms with E-state index < -0.39 is 17.7 Å². The van der Waals surface area contributed by atoms with Crippen molar-refractivity contribution in [1.82, 2.24) is 15.2 Å². The minimum Gasteiger partial charge on any atom is -0.493 e. The zero-order valence-electron chi connectivity index (χ0n) is 27.8. The normalized spacial score (nSPS) is 21.2. The molecule has 2 heterocycles. The van der Waals surface area contributed by atoms with Crippen molar-refractivity contribution in [2.75, 3.05) is 27.3 Å². The monoisotopic (exact) mass is 632 g/mol. The predicted molar refractivity (Wildman–Crippen MR) is 176 cm³/mol. The van der Waals surface area contributed by atoms with E-state index in [1.807, 2.05) is 48.5 Å². The number of nitrogens with zero attached hydrogens (tertiary/aromatic N) is 3. The fourth-order valence-electron chi connectivity index (χ4n) is 6.91. The lowest BCUT2D eigenvalue weighted by Crippen LogP contribution is -2.55. The smallest absolute Gasteiger partial charge is 0.408 e. The summed E-state index contributed by atoms with van der Waals surface area (Å²) in [7, 11) is 3.23. The van der Waals surface area contributed by atoms with Crippen LogP contribution < -0.4 is 14.8 Å². The van der Waals surface area contributed by atoms with Crippen molar-refractivity contribution >= 4 is 23.6 Å². The molecular weight excluding hydrogens is 584 g/mol. The molecule has 2 aromatic carbocycles. The number of piperidine rings is 1. The third-order valence-corrected chi connectivity index (χ3v) is 9.23. The van der Waals surface area contributed by atoms with Crippen LogP contribution in [0.1, 0.15) is 76.8 Å². The van der Waals surface area contributed by atoms with E-state index in [0.717, 1.165) is 42.5 Å². The average Bonchev–Trinajstić information content (AvgIpc) is 3.06. The second-order valence-corrected chi connectivity index (χ2v) is 13.5. The summed E-state index contributed by atoms with van der Waals surface area (Å²) < 4.78 is 16.5. The third-order valence-electron chi connectivity index (χ3n) is 9.23. The van der Waals surface area contributed by atoms with Gasteiger partial charge in [0.25, 0.3) is 0 Å². The number of carbonyl (C=O) groups excluding carboxylic acids is 3.